The van der Waals surface area contributed by atoms with Gasteiger partial charge < -0.3 is 5.32 Å². The number of benzene rings is 2. The lowest BCUT2D eigenvalue weighted by atomic mass is 10.1. The molecule has 0 unspecified atom stereocenters. The maximum Gasteiger partial charge on any atom is 0.257 e. The van der Waals surface area contributed by atoms with Gasteiger partial charge in [-0.05, 0) is 60.5 Å². The van der Waals surface area contributed by atoms with Crippen LogP contribution in [0, 0.1) is 0 Å². The van der Waals surface area contributed by atoms with Crippen LogP contribution in [0.3, 0.4) is 0 Å². The summed E-state index contributed by atoms with van der Waals surface area (Å²) in [6.45, 7) is 5.76. The Balaban J connectivity index is 1.84. The normalized spacial score (nSPS) is 12.0. The molecule has 0 atom stereocenters. The fraction of sp³-hybridized carbons (Fsp3) is 0.238. The van der Waals surface area contributed by atoms with E-state index in [1.807, 2.05) is 30.3 Å². The van der Waals surface area contributed by atoms with Crippen molar-refractivity contribution in [2.45, 2.75) is 37.8 Å². The molecule has 3 rings (SSSR count). The van der Waals surface area contributed by atoms with E-state index >= 15 is 0 Å². The van der Waals surface area contributed by atoms with E-state index in [4.69, 9.17) is 0 Å². The number of sulfonamides is 1. The summed E-state index contributed by atoms with van der Waals surface area (Å²) in [5.74, 6) is 0.0707. The van der Waals surface area contributed by atoms with Crippen LogP contribution in [0.2, 0.25) is 0 Å². The van der Waals surface area contributed by atoms with Crippen molar-refractivity contribution in [1.29, 1.82) is 0 Å². The molecular weight excluding hydrogens is 468 g/mol. The van der Waals surface area contributed by atoms with Crippen LogP contribution in [0.15, 0.2) is 70.2 Å². The van der Waals surface area contributed by atoms with Gasteiger partial charge in [0.05, 0.1) is 23.2 Å². The zero-order valence-electron chi connectivity index (χ0n) is 16.9. The fourth-order valence-electron chi connectivity index (χ4n) is 2.81. The van der Waals surface area contributed by atoms with Gasteiger partial charge in [-0.1, -0.05) is 30.3 Å². The minimum absolute atomic E-state index is 0.0172. The lowest BCUT2D eigenvalue weighted by molar-refractivity contribution is 0.102. The van der Waals surface area contributed by atoms with Crippen LogP contribution < -0.4 is 10.0 Å². The lowest BCUT2D eigenvalue weighted by Gasteiger charge is -2.20. The van der Waals surface area contributed by atoms with Crippen molar-refractivity contribution in [1.82, 2.24) is 14.5 Å². The van der Waals surface area contributed by atoms with Crippen molar-refractivity contribution in [2.24, 2.45) is 0 Å². The first-order chi connectivity index (χ1) is 14.0. The van der Waals surface area contributed by atoms with Crippen LogP contribution in [0.1, 0.15) is 36.7 Å². The molecule has 0 spiro atoms. The van der Waals surface area contributed by atoms with E-state index in [2.05, 4.69) is 31.1 Å². The third-order valence-electron chi connectivity index (χ3n) is 4.07. The molecule has 2 N–H and O–H groups in total. The van der Waals surface area contributed by atoms with Crippen LogP contribution in [-0.2, 0) is 16.6 Å². The second kappa shape index (κ2) is 8.71. The van der Waals surface area contributed by atoms with E-state index in [1.165, 1.54) is 12.1 Å². The summed E-state index contributed by atoms with van der Waals surface area (Å²) in [6.07, 6.45) is 1.60. The van der Waals surface area contributed by atoms with Gasteiger partial charge in [-0.25, -0.2) is 17.8 Å². The quantitative estimate of drug-likeness (QED) is 0.545. The van der Waals surface area contributed by atoms with E-state index in [0.29, 0.717) is 16.8 Å². The molecule has 0 aliphatic carbocycles. The van der Waals surface area contributed by atoms with Crippen LogP contribution in [0.25, 0.3) is 0 Å². The lowest BCUT2D eigenvalue weighted by Crippen LogP contribution is -2.40. The molecule has 30 heavy (non-hydrogen) atoms. The van der Waals surface area contributed by atoms with Gasteiger partial charge in [0.25, 0.3) is 5.91 Å². The number of hydrogen-bond donors (Lipinski definition) is 2. The van der Waals surface area contributed by atoms with Crippen molar-refractivity contribution in [2.75, 3.05) is 5.32 Å². The molecule has 3 aromatic rings. The zero-order valence-corrected chi connectivity index (χ0v) is 19.3. The SMILES string of the molecule is CC(C)(C)NS(=O)(=O)c1ccc(Br)c(C(=O)Nc2ccnn2Cc2ccccc2)c1. The average molecular weight is 491 g/mol. The van der Waals surface area contributed by atoms with Crippen molar-refractivity contribution in [3.05, 3.63) is 76.4 Å². The minimum Gasteiger partial charge on any atom is -0.307 e. The summed E-state index contributed by atoms with van der Waals surface area (Å²) in [5, 5.41) is 7.07. The van der Waals surface area contributed by atoms with Gasteiger partial charge in [-0.2, -0.15) is 5.10 Å². The zero-order chi connectivity index (χ0) is 21.9. The number of nitrogens with zero attached hydrogens (tertiary/aromatic N) is 2. The number of anilines is 1. The van der Waals surface area contributed by atoms with E-state index in [0.717, 1.165) is 5.56 Å². The van der Waals surface area contributed by atoms with Crippen molar-refractivity contribution in [3.63, 3.8) is 0 Å². The van der Waals surface area contributed by atoms with E-state index in [-0.39, 0.29) is 10.5 Å². The second-order valence-electron chi connectivity index (χ2n) is 7.81. The van der Waals surface area contributed by atoms with Gasteiger partial charge in [-0.3, -0.25) is 4.79 Å². The third-order valence-corrected chi connectivity index (χ3v) is 6.51. The van der Waals surface area contributed by atoms with Crippen LogP contribution >= 0.6 is 15.9 Å². The number of rotatable bonds is 6. The summed E-state index contributed by atoms with van der Waals surface area (Å²) in [5.41, 5.74) is 0.608. The maximum absolute atomic E-state index is 12.9. The van der Waals surface area contributed by atoms with Gasteiger partial charge in [0.15, 0.2) is 0 Å². The molecular formula is C21H23BrN4O3S. The van der Waals surface area contributed by atoms with Gasteiger partial charge >= 0.3 is 0 Å². The average Bonchev–Trinajstić information content (AvgIpc) is 3.07. The van der Waals surface area contributed by atoms with Gasteiger partial charge in [0, 0.05) is 16.1 Å². The molecule has 1 heterocycles. The Hall–Kier alpha value is -2.49. The highest BCUT2D eigenvalue weighted by Crippen LogP contribution is 2.23. The smallest absolute Gasteiger partial charge is 0.257 e. The minimum atomic E-state index is -3.77. The maximum atomic E-state index is 12.9. The number of halogens is 1. The van der Waals surface area contributed by atoms with Crippen molar-refractivity contribution < 1.29 is 13.2 Å². The molecule has 9 heteroatoms. The predicted octanol–water partition coefficient (Wildman–Crippen LogP) is 4.02. The number of amides is 1. The molecule has 0 radical (unpaired) electrons. The van der Waals surface area contributed by atoms with E-state index in [9.17, 15) is 13.2 Å². The van der Waals surface area contributed by atoms with E-state index < -0.39 is 21.5 Å². The topological polar surface area (TPSA) is 93.1 Å². The monoisotopic (exact) mass is 490 g/mol. The largest absolute Gasteiger partial charge is 0.307 e. The molecule has 0 bridgehead atoms. The molecule has 0 saturated carbocycles. The van der Waals surface area contributed by atoms with Crippen LogP contribution in [0.5, 0.6) is 0 Å². The Morgan fingerprint density at radius 3 is 2.47 bits per heavy atom. The summed E-state index contributed by atoms with van der Waals surface area (Å²) < 4.78 is 30.0. The molecule has 158 valence electrons. The van der Waals surface area contributed by atoms with Gasteiger partial charge in [0.1, 0.15) is 5.82 Å². The molecule has 2 aromatic carbocycles. The molecule has 7 nitrogen and oxygen atoms in total. The first-order valence-electron chi connectivity index (χ1n) is 9.26. The van der Waals surface area contributed by atoms with Crippen molar-refractivity contribution >= 4 is 37.7 Å². The molecule has 1 amide bonds. The highest BCUT2D eigenvalue weighted by Gasteiger charge is 2.24. The molecule has 0 aliphatic heterocycles. The number of carbonyl (C=O) groups is 1. The third kappa shape index (κ3) is 5.56. The molecule has 0 saturated heterocycles. The Morgan fingerprint density at radius 1 is 1.10 bits per heavy atom. The first-order valence-corrected chi connectivity index (χ1v) is 11.5. The Labute approximate surface area is 184 Å². The number of nitrogens with one attached hydrogen (secondary N) is 2. The number of carbonyl (C=O) groups excluding carboxylic acids is 1. The van der Waals surface area contributed by atoms with E-state index in [1.54, 1.807) is 43.8 Å². The second-order valence-corrected chi connectivity index (χ2v) is 10.3. The number of hydrogen-bond acceptors (Lipinski definition) is 4. The Kier molecular flexibility index (Phi) is 6.44. The summed E-state index contributed by atoms with van der Waals surface area (Å²) in [4.78, 5) is 12.9. The molecule has 0 fully saturated rings. The van der Waals surface area contributed by atoms with Crippen molar-refractivity contribution in [3.8, 4) is 0 Å². The molecule has 1 aromatic heterocycles. The van der Waals surface area contributed by atoms with Gasteiger partial charge in [0.2, 0.25) is 10.0 Å². The standard InChI is InChI=1S/C21H23BrN4O3S/c1-21(2,3)25-30(28,29)16-9-10-18(22)17(13-16)20(27)24-19-11-12-23-26(19)14-15-7-5-4-6-8-15/h4-13,25H,14H2,1-3H3,(H,24,27). The number of aromatic nitrogens is 2. The summed E-state index contributed by atoms with van der Waals surface area (Å²) in [6, 6.07) is 15.8. The predicted molar refractivity (Wildman–Crippen MR) is 120 cm³/mol. The van der Waals surface area contributed by atoms with Gasteiger partial charge in [-0.15, -0.1) is 0 Å². The summed E-state index contributed by atoms with van der Waals surface area (Å²) in [7, 11) is -3.77. The first kappa shape index (κ1) is 22.2. The summed E-state index contributed by atoms with van der Waals surface area (Å²) >= 11 is 3.34. The fourth-order valence-corrected chi connectivity index (χ4v) is 4.68. The molecule has 0 aliphatic rings. The highest BCUT2D eigenvalue weighted by molar-refractivity contribution is 9.10. The van der Waals surface area contributed by atoms with Crippen LogP contribution in [-0.4, -0.2) is 29.6 Å². The Morgan fingerprint density at radius 2 is 1.80 bits per heavy atom. The highest BCUT2D eigenvalue weighted by atomic mass is 79.9. The van der Waals surface area contributed by atoms with Crippen LogP contribution in [0.4, 0.5) is 5.82 Å². The Bertz CT molecular complexity index is 1150.